The zero-order valence-electron chi connectivity index (χ0n) is 11.7. The van der Waals surface area contributed by atoms with Gasteiger partial charge in [0.05, 0.1) is 6.26 Å². The SMILES string of the molecule is CC1CCN(CCCCNC(=O)c2ccco2)CC1. The van der Waals surface area contributed by atoms with E-state index in [0.717, 1.165) is 31.8 Å². The first kappa shape index (κ1) is 14.1. The normalized spacial score (nSPS) is 17.5. The predicted molar refractivity (Wildman–Crippen MR) is 75.1 cm³/mol. The standard InChI is InChI=1S/C15H24N2O2/c1-13-6-10-17(11-7-13)9-3-2-8-16-15(18)14-5-4-12-19-14/h4-5,12-13H,2-3,6-11H2,1H3,(H,16,18). The summed E-state index contributed by atoms with van der Waals surface area (Å²) in [7, 11) is 0. The van der Waals surface area contributed by atoms with Gasteiger partial charge in [-0.2, -0.15) is 0 Å². The molecule has 1 aliphatic rings. The fourth-order valence-corrected chi connectivity index (χ4v) is 2.44. The lowest BCUT2D eigenvalue weighted by molar-refractivity contribution is 0.0924. The summed E-state index contributed by atoms with van der Waals surface area (Å²) in [4.78, 5) is 14.1. The Balaban J connectivity index is 1.51. The molecule has 1 N–H and O–H groups in total. The van der Waals surface area contributed by atoms with Crippen LogP contribution >= 0.6 is 0 Å². The van der Waals surface area contributed by atoms with Gasteiger partial charge in [-0.05, 0) is 63.4 Å². The molecule has 1 aliphatic heterocycles. The first-order chi connectivity index (χ1) is 9.25. The molecule has 0 radical (unpaired) electrons. The number of furan rings is 1. The van der Waals surface area contributed by atoms with Gasteiger partial charge in [0.15, 0.2) is 5.76 Å². The Kier molecular flexibility index (Phi) is 5.45. The van der Waals surface area contributed by atoms with Crippen LogP contribution in [0.5, 0.6) is 0 Å². The number of hydrogen-bond donors (Lipinski definition) is 1. The van der Waals surface area contributed by atoms with E-state index < -0.39 is 0 Å². The van der Waals surface area contributed by atoms with E-state index in [9.17, 15) is 4.79 Å². The van der Waals surface area contributed by atoms with Crippen LogP contribution in [0.15, 0.2) is 22.8 Å². The van der Waals surface area contributed by atoms with Crippen molar-refractivity contribution in [3.8, 4) is 0 Å². The minimum absolute atomic E-state index is 0.114. The Hall–Kier alpha value is -1.29. The zero-order chi connectivity index (χ0) is 13.5. The summed E-state index contributed by atoms with van der Waals surface area (Å²) in [5.74, 6) is 1.17. The Morgan fingerprint density at radius 3 is 2.89 bits per heavy atom. The number of carbonyl (C=O) groups is 1. The molecule has 2 rings (SSSR count). The van der Waals surface area contributed by atoms with Crippen LogP contribution in [0, 0.1) is 5.92 Å². The van der Waals surface area contributed by atoms with E-state index >= 15 is 0 Å². The van der Waals surface area contributed by atoms with Crippen LogP contribution in [-0.2, 0) is 0 Å². The highest BCUT2D eigenvalue weighted by molar-refractivity contribution is 5.91. The van der Waals surface area contributed by atoms with Crippen LogP contribution < -0.4 is 5.32 Å². The van der Waals surface area contributed by atoms with Gasteiger partial charge in [-0.25, -0.2) is 0 Å². The van der Waals surface area contributed by atoms with Crippen molar-refractivity contribution in [2.75, 3.05) is 26.2 Å². The van der Waals surface area contributed by atoms with Crippen LogP contribution in [-0.4, -0.2) is 37.0 Å². The first-order valence-electron chi connectivity index (χ1n) is 7.30. The monoisotopic (exact) mass is 264 g/mol. The molecular formula is C15H24N2O2. The summed E-state index contributed by atoms with van der Waals surface area (Å²) in [6.07, 6.45) is 6.35. The Morgan fingerprint density at radius 2 is 2.21 bits per heavy atom. The summed E-state index contributed by atoms with van der Waals surface area (Å²) in [5.41, 5.74) is 0. The van der Waals surface area contributed by atoms with Gasteiger partial charge in [0.2, 0.25) is 0 Å². The van der Waals surface area contributed by atoms with Crippen molar-refractivity contribution in [3.05, 3.63) is 24.2 Å². The van der Waals surface area contributed by atoms with Crippen LogP contribution in [0.3, 0.4) is 0 Å². The second-order valence-electron chi connectivity index (χ2n) is 5.46. The fourth-order valence-electron chi connectivity index (χ4n) is 2.44. The smallest absolute Gasteiger partial charge is 0.286 e. The Morgan fingerprint density at radius 1 is 1.42 bits per heavy atom. The molecule has 0 aromatic carbocycles. The fraction of sp³-hybridized carbons (Fsp3) is 0.667. The quantitative estimate of drug-likeness (QED) is 0.803. The van der Waals surface area contributed by atoms with E-state index in [-0.39, 0.29) is 5.91 Å². The minimum atomic E-state index is -0.114. The average molecular weight is 264 g/mol. The summed E-state index contributed by atoms with van der Waals surface area (Å²) in [6.45, 7) is 6.69. The van der Waals surface area contributed by atoms with Gasteiger partial charge in [0.25, 0.3) is 5.91 Å². The first-order valence-corrected chi connectivity index (χ1v) is 7.30. The molecular weight excluding hydrogens is 240 g/mol. The maximum atomic E-state index is 11.6. The molecule has 0 unspecified atom stereocenters. The van der Waals surface area contributed by atoms with Crippen LogP contribution in [0.2, 0.25) is 0 Å². The van der Waals surface area contributed by atoms with Gasteiger partial charge in [-0.1, -0.05) is 6.92 Å². The largest absolute Gasteiger partial charge is 0.459 e. The van der Waals surface area contributed by atoms with Crippen molar-refractivity contribution in [1.29, 1.82) is 0 Å². The molecule has 1 amide bonds. The van der Waals surface area contributed by atoms with Crippen molar-refractivity contribution in [3.63, 3.8) is 0 Å². The van der Waals surface area contributed by atoms with Gasteiger partial charge >= 0.3 is 0 Å². The second-order valence-corrected chi connectivity index (χ2v) is 5.46. The minimum Gasteiger partial charge on any atom is -0.459 e. The molecule has 2 heterocycles. The third-order valence-corrected chi connectivity index (χ3v) is 3.81. The molecule has 0 bridgehead atoms. The second kappa shape index (κ2) is 7.34. The van der Waals surface area contributed by atoms with E-state index in [1.165, 1.54) is 32.2 Å². The van der Waals surface area contributed by atoms with Gasteiger partial charge in [0, 0.05) is 6.54 Å². The third kappa shape index (κ3) is 4.71. The third-order valence-electron chi connectivity index (χ3n) is 3.81. The van der Waals surface area contributed by atoms with Crippen molar-refractivity contribution < 1.29 is 9.21 Å². The molecule has 19 heavy (non-hydrogen) atoms. The number of rotatable bonds is 6. The van der Waals surface area contributed by atoms with E-state index in [1.54, 1.807) is 12.1 Å². The van der Waals surface area contributed by atoms with Gasteiger partial charge in [0.1, 0.15) is 0 Å². The summed E-state index contributed by atoms with van der Waals surface area (Å²) in [6, 6.07) is 3.41. The van der Waals surface area contributed by atoms with Gasteiger partial charge in [-0.15, -0.1) is 0 Å². The highest BCUT2D eigenvalue weighted by Crippen LogP contribution is 2.16. The highest BCUT2D eigenvalue weighted by atomic mass is 16.3. The van der Waals surface area contributed by atoms with Crippen molar-refractivity contribution >= 4 is 5.91 Å². The van der Waals surface area contributed by atoms with E-state index in [4.69, 9.17) is 4.42 Å². The van der Waals surface area contributed by atoms with Gasteiger partial charge in [-0.3, -0.25) is 4.79 Å². The van der Waals surface area contributed by atoms with Crippen molar-refractivity contribution in [1.82, 2.24) is 10.2 Å². The van der Waals surface area contributed by atoms with E-state index in [0.29, 0.717) is 5.76 Å². The molecule has 0 spiro atoms. The predicted octanol–water partition coefficient (Wildman–Crippen LogP) is 2.52. The molecule has 0 aliphatic carbocycles. The number of carbonyl (C=O) groups excluding carboxylic acids is 1. The number of amides is 1. The Labute approximate surface area is 115 Å². The van der Waals surface area contributed by atoms with Crippen LogP contribution in [0.25, 0.3) is 0 Å². The molecule has 0 saturated carbocycles. The lowest BCUT2D eigenvalue weighted by atomic mass is 9.99. The number of piperidine rings is 1. The highest BCUT2D eigenvalue weighted by Gasteiger charge is 2.14. The average Bonchev–Trinajstić information content (AvgIpc) is 2.94. The molecule has 0 atom stereocenters. The topological polar surface area (TPSA) is 45.5 Å². The van der Waals surface area contributed by atoms with Crippen molar-refractivity contribution in [2.24, 2.45) is 5.92 Å². The molecule has 1 fully saturated rings. The maximum Gasteiger partial charge on any atom is 0.286 e. The number of likely N-dealkylation sites (tertiary alicyclic amines) is 1. The lowest BCUT2D eigenvalue weighted by Crippen LogP contribution is -2.34. The Bertz CT molecular complexity index is 368. The summed E-state index contributed by atoms with van der Waals surface area (Å²) in [5, 5.41) is 2.88. The number of hydrogen-bond acceptors (Lipinski definition) is 3. The molecule has 1 aromatic rings. The van der Waals surface area contributed by atoms with Crippen LogP contribution in [0.4, 0.5) is 0 Å². The maximum absolute atomic E-state index is 11.6. The molecule has 4 heteroatoms. The molecule has 1 aromatic heterocycles. The molecule has 4 nitrogen and oxygen atoms in total. The van der Waals surface area contributed by atoms with Crippen molar-refractivity contribution in [2.45, 2.75) is 32.6 Å². The van der Waals surface area contributed by atoms with Crippen LogP contribution in [0.1, 0.15) is 43.2 Å². The van der Waals surface area contributed by atoms with E-state index in [2.05, 4.69) is 17.1 Å². The molecule has 106 valence electrons. The van der Waals surface area contributed by atoms with Gasteiger partial charge < -0.3 is 14.6 Å². The zero-order valence-corrected chi connectivity index (χ0v) is 11.7. The lowest BCUT2D eigenvalue weighted by Gasteiger charge is -2.30. The molecule has 1 saturated heterocycles. The number of unbranched alkanes of at least 4 members (excludes halogenated alkanes) is 1. The summed E-state index contributed by atoms with van der Waals surface area (Å²) >= 11 is 0. The van der Waals surface area contributed by atoms with E-state index in [1.807, 2.05) is 0 Å². The number of nitrogens with zero attached hydrogens (tertiary/aromatic N) is 1. The number of nitrogens with one attached hydrogen (secondary N) is 1. The summed E-state index contributed by atoms with van der Waals surface area (Å²) < 4.78 is 5.04.